The predicted octanol–water partition coefficient (Wildman–Crippen LogP) is 1.59. The number of likely N-dealkylation sites (tertiary alicyclic amines) is 1. The molecule has 0 aromatic rings. The van der Waals surface area contributed by atoms with Gasteiger partial charge in [-0.05, 0) is 18.8 Å². The molecule has 0 aromatic heterocycles. The number of nitrogens with two attached hydrogens (primary N) is 1. The van der Waals surface area contributed by atoms with Crippen LogP contribution in [0.2, 0.25) is 0 Å². The first-order chi connectivity index (χ1) is 10.9. The lowest BCUT2D eigenvalue weighted by atomic mass is 9.62. The lowest BCUT2D eigenvalue weighted by Gasteiger charge is -2.46. The summed E-state index contributed by atoms with van der Waals surface area (Å²) in [6, 6.07) is 2.16. The van der Waals surface area contributed by atoms with Gasteiger partial charge < -0.3 is 15.4 Å². The highest BCUT2D eigenvalue weighted by Gasteiger charge is 2.51. The van der Waals surface area contributed by atoms with Crippen LogP contribution in [0.25, 0.3) is 0 Å². The molecule has 2 heterocycles. The van der Waals surface area contributed by atoms with Crippen molar-refractivity contribution in [3.05, 3.63) is 22.8 Å². The summed E-state index contributed by atoms with van der Waals surface area (Å²) in [6.45, 7) is 4.59. The number of nitrogens with zero attached hydrogens (tertiary/aromatic N) is 2. The third-order valence-corrected chi connectivity index (χ3v) is 5.24. The van der Waals surface area contributed by atoms with Crippen LogP contribution in [0.5, 0.6) is 0 Å². The van der Waals surface area contributed by atoms with Crippen molar-refractivity contribution in [3.8, 4) is 6.07 Å². The Kier molecular flexibility index (Phi) is 3.67. The summed E-state index contributed by atoms with van der Waals surface area (Å²) < 4.78 is 5.65. The molecule has 1 aliphatic carbocycles. The average molecular weight is 315 g/mol. The van der Waals surface area contributed by atoms with Gasteiger partial charge in [0.05, 0.1) is 0 Å². The smallest absolute Gasteiger partial charge is 0.219 e. The molecule has 2 N–H and O–H groups in total. The minimum absolute atomic E-state index is 0.0140. The molecule has 2 aliphatic heterocycles. The average Bonchev–Trinajstić information content (AvgIpc) is 2.46. The number of allylic oxidation sites excluding steroid dienone is 3. The van der Waals surface area contributed by atoms with Crippen LogP contribution in [0.4, 0.5) is 0 Å². The van der Waals surface area contributed by atoms with Gasteiger partial charge in [-0.1, -0.05) is 6.92 Å². The number of rotatable bonds is 0. The molecule has 1 amide bonds. The van der Waals surface area contributed by atoms with Gasteiger partial charge in [-0.2, -0.15) is 5.26 Å². The minimum atomic E-state index is -0.685. The molecule has 1 atom stereocenters. The van der Waals surface area contributed by atoms with E-state index < -0.39 is 5.41 Å². The van der Waals surface area contributed by atoms with Gasteiger partial charge in [0, 0.05) is 43.8 Å². The zero-order valence-corrected chi connectivity index (χ0v) is 13.5. The first-order valence-corrected chi connectivity index (χ1v) is 7.99. The van der Waals surface area contributed by atoms with Gasteiger partial charge in [0.1, 0.15) is 17.4 Å². The van der Waals surface area contributed by atoms with E-state index in [2.05, 4.69) is 6.07 Å². The molecule has 6 nitrogen and oxygen atoms in total. The van der Waals surface area contributed by atoms with E-state index in [0.717, 1.165) is 0 Å². The third kappa shape index (κ3) is 2.31. The van der Waals surface area contributed by atoms with E-state index in [1.807, 2.05) is 6.92 Å². The van der Waals surface area contributed by atoms with Crippen LogP contribution in [-0.4, -0.2) is 29.7 Å². The maximum absolute atomic E-state index is 12.7. The summed E-state index contributed by atoms with van der Waals surface area (Å²) in [4.78, 5) is 26.1. The van der Waals surface area contributed by atoms with Gasteiger partial charge in [-0.15, -0.1) is 0 Å². The van der Waals surface area contributed by atoms with Gasteiger partial charge in [0.15, 0.2) is 5.78 Å². The van der Waals surface area contributed by atoms with Crippen molar-refractivity contribution >= 4 is 11.7 Å². The zero-order valence-electron chi connectivity index (χ0n) is 13.5. The van der Waals surface area contributed by atoms with Gasteiger partial charge in [-0.25, -0.2) is 0 Å². The summed E-state index contributed by atoms with van der Waals surface area (Å²) >= 11 is 0. The van der Waals surface area contributed by atoms with Crippen molar-refractivity contribution in [1.29, 1.82) is 5.26 Å². The normalized spacial score (nSPS) is 26.7. The molecular weight excluding hydrogens is 294 g/mol. The number of hydrogen-bond acceptors (Lipinski definition) is 5. The first kappa shape index (κ1) is 15.6. The molecule has 23 heavy (non-hydrogen) atoms. The number of carbonyl (C=O) groups is 2. The van der Waals surface area contributed by atoms with Gasteiger partial charge in [0.25, 0.3) is 0 Å². The van der Waals surface area contributed by atoms with Crippen LogP contribution in [0.3, 0.4) is 0 Å². The van der Waals surface area contributed by atoms with Crippen molar-refractivity contribution in [2.24, 2.45) is 17.1 Å². The van der Waals surface area contributed by atoms with Gasteiger partial charge >= 0.3 is 0 Å². The minimum Gasteiger partial charge on any atom is -0.444 e. The SMILES string of the molecule is CC(=O)N1CCC2(CC1)C(C#N)=C(N)OC1=C2C(=O)C[C@@H](C)C1. The van der Waals surface area contributed by atoms with Crippen molar-refractivity contribution in [2.75, 3.05) is 13.1 Å². The number of amides is 1. The second kappa shape index (κ2) is 5.41. The Morgan fingerprint density at radius 1 is 1.39 bits per heavy atom. The zero-order chi connectivity index (χ0) is 16.8. The van der Waals surface area contributed by atoms with E-state index in [9.17, 15) is 14.9 Å². The molecule has 0 aromatic carbocycles. The van der Waals surface area contributed by atoms with Crippen LogP contribution in [0, 0.1) is 22.7 Å². The second-order valence-electron chi connectivity index (χ2n) is 6.78. The number of piperidine rings is 1. The Morgan fingerprint density at radius 2 is 2.04 bits per heavy atom. The maximum atomic E-state index is 12.7. The van der Waals surface area contributed by atoms with E-state index in [1.54, 1.807) is 4.90 Å². The molecule has 0 bridgehead atoms. The highest BCUT2D eigenvalue weighted by Crippen LogP contribution is 2.52. The van der Waals surface area contributed by atoms with E-state index in [4.69, 9.17) is 10.5 Å². The number of carbonyl (C=O) groups excluding carboxylic acids is 2. The molecule has 1 saturated heterocycles. The Morgan fingerprint density at radius 3 is 2.61 bits per heavy atom. The Labute approximate surface area is 135 Å². The maximum Gasteiger partial charge on any atom is 0.219 e. The van der Waals surface area contributed by atoms with Gasteiger partial charge in [0.2, 0.25) is 11.8 Å². The fraction of sp³-hybridized carbons (Fsp3) is 0.588. The van der Waals surface area contributed by atoms with Crippen molar-refractivity contribution in [2.45, 2.75) is 39.5 Å². The van der Waals surface area contributed by atoms with E-state index >= 15 is 0 Å². The Bertz CT molecular complexity index is 676. The topological polar surface area (TPSA) is 96.4 Å². The molecule has 3 rings (SSSR count). The molecule has 3 aliphatic rings. The largest absolute Gasteiger partial charge is 0.444 e. The highest BCUT2D eigenvalue weighted by molar-refractivity contribution is 5.99. The lowest BCUT2D eigenvalue weighted by molar-refractivity contribution is -0.130. The summed E-state index contributed by atoms with van der Waals surface area (Å²) in [5.41, 5.74) is 6.29. The molecular formula is C17H21N3O3. The Balaban J connectivity index is 2.06. The van der Waals surface area contributed by atoms with Crippen LogP contribution in [0.1, 0.15) is 39.5 Å². The quantitative estimate of drug-likeness (QED) is 0.732. The van der Waals surface area contributed by atoms with Crippen LogP contribution >= 0.6 is 0 Å². The van der Waals surface area contributed by atoms with E-state index in [1.165, 1.54) is 6.92 Å². The number of Topliss-reactive ketones (excluding diaryl/α,β-unsaturated/α-hetero) is 1. The van der Waals surface area contributed by atoms with E-state index in [-0.39, 0.29) is 23.5 Å². The molecule has 0 unspecified atom stereocenters. The van der Waals surface area contributed by atoms with Crippen molar-refractivity contribution in [1.82, 2.24) is 4.90 Å². The molecule has 1 spiro atoms. The molecule has 0 radical (unpaired) electrons. The fourth-order valence-corrected chi connectivity index (χ4v) is 4.10. The van der Waals surface area contributed by atoms with Crippen LogP contribution in [-0.2, 0) is 14.3 Å². The summed E-state index contributed by atoms with van der Waals surface area (Å²) in [6.07, 6.45) is 2.22. The Hall–Kier alpha value is -2.29. The summed E-state index contributed by atoms with van der Waals surface area (Å²) in [5.74, 6) is 1.02. The van der Waals surface area contributed by atoms with E-state index in [0.29, 0.717) is 55.7 Å². The first-order valence-electron chi connectivity index (χ1n) is 7.99. The molecule has 122 valence electrons. The van der Waals surface area contributed by atoms with Crippen LogP contribution in [0.15, 0.2) is 22.8 Å². The molecule has 0 saturated carbocycles. The monoisotopic (exact) mass is 315 g/mol. The molecule has 1 fully saturated rings. The number of fused-ring (bicyclic) bond motifs is 1. The van der Waals surface area contributed by atoms with Crippen LogP contribution < -0.4 is 5.73 Å². The van der Waals surface area contributed by atoms with Gasteiger partial charge in [-0.3, -0.25) is 9.59 Å². The highest BCUT2D eigenvalue weighted by atomic mass is 16.5. The summed E-state index contributed by atoms with van der Waals surface area (Å²) in [7, 11) is 0. The van der Waals surface area contributed by atoms with Crippen molar-refractivity contribution < 1.29 is 14.3 Å². The number of ether oxygens (including phenoxy) is 1. The standard InChI is InChI=1S/C17H21N3O3/c1-10-7-13(22)15-14(8-10)23-16(19)12(9-18)17(15)3-5-20(6-4-17)11(2)21/h10H,3-8,19H2,1-2H3/t10-/m1/s1. The number of nitriles is 1. The third-order valence-electron chi connectivity index (χ3n) is 5.24. The lowest BCUT2D eigenvalue weighted by Crippen LogP contribution is -2.48. The summed E-state index contributed by atoms with van der Waals surface area (Å²) in [5, 5.41) is 9.60. The van der Waals surface area contributed by atoms with Crippen molar-refractivity contribution in [3.63, 3.8) is 0 Å². The number of hydrogen-bond donors (Lipinski definition) is 1. The fourth-order valence-electron chi connectivity index (χ4n) is 4.10. The number of ketones is 1. The predicted molar refractivity (Wildman–Crippen MR) is 82.3 cm³/mol. The molecule has 6 heteroatoms. The second-order valence-corrected chi connectivity index (χ2v) is 6.78.